The van der Waals surface area contributed by atoms with Gasteiger partial charge < -0.3 is 14.9 Å². The first-order valence-electron chi connectivity index (χ1n) is 4.02. The lowest BCUT2D eigenvalue weighted by atomic mass is 10.1. The highest BCUT2D eigenvalue weighted by atomic mass is 16.3. The first-order valence-corrected chi connectivity index (χ1v) is 4.02. The van der Waals surface area contributed by atoms with Crippen molar-refractivity contribution >= 4 is 17.2 Å². The molecule has 0 aliphatic heterocycles. The van der Waals surface area contributed by atoms with E-state index in [4.69, 9.17) is 0 Å². The van der Waals surface area contributed by atoms with Gasteiger partial charge in [-0.05, 0) is 17.7 Å². The van der Waals surface area contributed by atoms with E-state index < -0.39 is 6.10 Å². The molecule has 0 saturated heterocycles. The largest absolute Gasteiger partial charge is 0.381 e. The number of carbonyl (C=O) groups is 1. The quantitative estimate of drug-likeness (QED) is 0.678. The van der Waals surface area contributed by atoms with E-state index in [1.165, 1.54) is 0 Å². The van der Waals surface area contributed by atoms with Crippen LogP contribution in [-0.2, 0) is 4.79 Å². The van der Waals surface area contributed by atoms with Gasteiger partial charge in [-0.3, -0.25) is 0 Å². The predicted octanol–water partition coefficient (Wildman–Crippen LogP) is 1.40. The zero-order valence-corrected chi connectivity index (χ0v) is 6.90. The Kier molecular flexibility index (Phi) is 1.87. The number of hydrogen-bond acceptors (Lipinski definition) is 2. The molecule has 0 fully saturated rings. The number of H-pyrrole nitrogens is 1. The Labute approximate surface area is 75.0 Å². The van der Waals surface area contributed by atoms with Gasteiger partial charge >= 0.3 is 0 Å². The van der Waals surface area contributed by atoms with Crippen LogP contribution in [0.25, 0.3) is 10.9 Å². The molecule has 0 bridgehead atoms. The van der Waals surface area contributed by atoms with Crippen LogP contribution in [0.4, 0.5) is 0 Å². The number of carbonyl (C=O) groups excluding carboxylic acids is 1. The van der Waals surface area contributed by atoms with Crippen molar-refractivity contribution in [3.05, 3.63) is 36.0 Å². The smallest absolute Gasteiger partial charge is 0.153 e. The van der Waals surface area contributed by atoms with Gasteiger partial charge in [0, 0.05) is 17.1 Å². The minimum atomic E-state index is -1.03. The third kappa shape index (κ3) is 1.23. The molecule has 3 heteroatoms. The molecule has 1 aromatic heterocycles. The van der Waals surface area contributed by atoms with Crippen LogP contribution in [0.5, 0.6) is 0 Å². The number of nitrogens with one attached hydrogen (secondary N) is 1. The lowest BCUT2D eigenvalue weighted by Crippen LogP contribution is -1.97. The number of aldehydes is 1. The summed E-state index contributed by atoms with van der Waals surface area (Å²) in [5.74, 6) is 0. The normalized spacial score (nSPS) is 13.0. The molecular formula is C10H9NO2. The van der Waals surface area contributed by atoms with E-state index >= 15 is 0 Å². The van der Waals surface area contributed by atoms with Crippen molar-refractivity contribution in [1.29, 1.82) is 0 Å². The van der Waals surface area contributed by atoms with E-state index in [1.54, 1.807) is 18.3 Å². The molecule has 1 heterocycles. The number of hydrogen-bond donors (Lipinski definition) is 2. The summed E-state index contributed by atoms with van der Waals surface area (Å²) in [6.45, 7) is 0. The van der Waals surface area contributed by atoms with Crippen LogP contribution in [0, 0.1) is 0 Å². The van der Waals surface area contributed by atoms with E-state index in [0.717, 1.165) is 10.9 Å². The molecule has 0 radical (unpaired) electrons. The van der Waals surface area contributed by atoms with Gasteiger partial charge in [0.15, 0.2) is 6.29 Å². The zero-order valence-electron chi connectivity index (χ0n) is 6.90. The average molecular weight is 175 g/mol. The van der Waals surface area contributed by atoms with Crippen LogP contribution in [0.2, 0.25) is 0 Å². The molecule has 2 rings (SSSR count). The second-order valence-corrected chi connectivity index (χ2v) is 2.87. The molecule has 0 amide bonds. The Morgan fingerprint density at radius 2 is 2.23 bits per heavy atom. The summed E-state index contributed by atoms with van der Waals surface area (Å²) in [5, 5.41) is 10.3. The third-order valence-electron chi connectivity index (χ3n) is 2.08. The minimum Gasteiger partial charge on any atom is -0.381 e. The molecule has 1 atom stereocenters. The lowest BCUT2D eigenvalue weighted by molar-refractivity contribution is -0.115. The average Bonchev–Trinajstić information content (AvgIpc) is 2.63. The highest BCUT2D eigenvalue weighted by molar-refractivity contribution is 5.85. The fourth-order valence-electron chi connectivity index (χ4n) is 1.44. The summed E-state index contributed by atoms with van der Waals surface area (Å²) in [6.07, 6.45) is 1.28. The molecular weight excluding hydrogens is 166 g/mol. The van der Waals surface area contributed by atoms with Gasteiger partial charge in [-0.25, -0.2) is 0 Å². The maximum atomic E-state index is 10.4. The monoisotopic (exact) mass is 175 g/mol. The number of rotatable bonds is 2. The highest BCUT2D eigenvalue weighted by Gasteiger charge is 2.09. The summed E-state index contributed by atoms with van der Waals surface area (Å²) >= 11 is 0. The van der Waals surface area contributed by atoms with Gasteiger partial charge in [0.2, 0.25) is 0 Å². The Morgan fingerprint density at radius 3 is 3.00 bits per heavy atom. The molecule has 0 saturated carbocycles. The molecule has 0 spiro atoms. The first-order chi connectivity index (χ1) is 6.33. The summed E-state index contributed by atoms with van der Waals surface area (Å²) < 4.78 is 0. The van der Waals surface area contributed by atoms with Crippen molar-refractivity contribution in [3.8, 4) is 0 Å². The first kappa shape index (κ1) is 8.01. The highest BCUT2D eigenvalue weighted by Crippen LogP contribution is 2.22. The van der Waals surface area contributed by atoms with Crippen LogP contribution < -0.4 is 0 Å². The van der Waals surface area contributed by atoms with Gasteiger partial charge in [0.25, 0.3) is 0 Å². The summed E-state index contributed by atoms with van der Waals surface area (Å²) in [7, 11) is 0. The van der Waals surface area contributed by atoms with Crippen LogP contribution in [-0.4, -0.2) is 16.4 Å². The number of aromatic amines is 1. The molecule has 0 aliphatic rings. The Balaban J connectivity index is 2.67. The van der Waals surface area contributed by atoms with Crippen LogP contribution in [0.3, 0.4) is 0 Å². The summed E-state index contributed by atoms with van der Waals surface area (Å²) in [4.78, 5) is 13.4. The maximum Gasteiger partial charge on any atom is 0.153 e. The van der Waals surface area contributed by atoms with Gasteiger partial charge in [-0.2, -0.15) is 0 Å². The topological polar surface area (TPSA) is 53.1 Å². The van der Waals surface area contributed by atoms with Crippen molar-refractivity contribution in [1.82, 2.24) is 4.98 Å². The Hall–Kier alpha value is -1.61. The molecule has 66 valence electrons. The molecule has 1 unspecified atom stereocenters. The number of fused-ring (bicyclic) bond motifs is 1. The van der Waals surface area contributed by atoms with Crippen molar-refractivity contribution in [2.75, 3.05) is 0 Å². The van der Waals surface area contributed by atoms with Crippen molar-refractivity contribution in [2.24, 2.45) is 0 Å². The molecule has 2 N–H and O–H groups in total. The van der Waals surface area contributed by atoms with Crippen molar-refractivity contribution in [2.45, 2.75) is 6.10 Å². The maximum absolute atomic E-state index is 10.4. The number of aliphatic hydroxyl groups excluding tert-OH is 1. The molecule has 13 heavy (non-hydrogen) atoms. The number of aliphatic hydroxyl groups is 1. The van der Waals surface area contributed by atoms with Crippen LogP contribution >= 0.6 is 0 Å². The molecule has 2 aromatic rings. The van der Waals surface area contributed by atoms with E-state index in [0.29, 0.717) is 11.8 Å². The molecule has 3 nitrogen and oxygen atoms in total. The fraction of sp³-hybridized carbons (Fsp3) is 0.100. The number of aromatic nitrogens is 1. The van der Waals surface area contributed by atoms with Gasteiger partial charge in [-0.15, -0.1) is 0 Å². The van der Waals surface area contributed by atoms with E-state index in [9.17, 15) is 9.90 Å². The Morgan fingerprint density at radius 1 is 1.38 bits per heavy atom. The second-order valence-electron chi connectivity index (χ2n) is 2.87. The second kappa shape index (κ2) is 3.03. The van der Waals surface area contributed by atoms with Crippen LogP contribution in [0.15, 0.2) is 30.5 Å². The summed E-state index contributed by atoms with van der Waals surface area (Å²) in [6, 6.07) is 7.30. The van der Waals surface area contributed by atoms with E-state index in [1.807, 2.05) is 12.1 Å². The van der Waals surface area contributed by atoms with E-state index in [2.05, 4.69) is 4.98 Å². The lowest BCUT2D eigenvalue weighted by Gasteiger charge is -2.04. The van der Waals surface area contributed by atoms with Gasteiger partial charge in [0.1, 0.15) is 6.10 Å². The SMILES string of the molecule is O=CC(O)c1cccc2[nH]ccc12. The third-order valence-corrected chi connectivity index (χ3v) is 2.08. The minimum absolute atomic E-state index is 0.530. The van der Waals surface area contributed by atoms with Crippen molar-refractivity contribution in [3.63, 3.8) is 0 Å². The zero-order chi connectivity index (χ0) is 9.26. The van der Waals surface area contributed by atoms with Gasteiger partial charge in [-0.1, -0.05) is 12.1 Å². The van der Waals surface area contributed by atoms with E-state index in [-0.39, 0.29) is 0 Å². The number of benzene rings is 1. The summed E-state index contributed by atoms with van der Waals surface area (Å²) in [5.41, 5.74) is 1.58. The van der Waals surface area contributed by atoms with Gasteiger partial charge in [0.05, 0.1) is 0 Å². The Bertz CT molecular complexity index is 433. The standard InChI is InChI=1S/C10H9NO2/c12-6-10(13)8-2-1-3-9-7(8)4-5-11-9/h1-6,10-11,13H. The predicted molar refractivity (Wildman–Crippen MR) is 49.3 cm³/mol. The van der Waals surface area contributed by atoms with Crippen molar-refractivity contribution < 1.29 is 9.90 Å². The molecule has 0 aliphatic carbocycles. The molecule has 1 aromatic carbocycles. The van der Waals surface area contributed by atoms with Crippen LogP contribution in [0.1, 0.15) is 11.7 Å². The fourth-order valence-corrected chi connectivity index (χ4v) is 1.44.